The molecule has 2 N–H and O–H groups in total. The number of amides is 1. The van der Waals surface area contributed by atoms with Crippen molar-refractivity contribution >= 4 is 17.4 Å². The van der Waals surface area contributed by atoms with Gasteiger partial charge in [0.15, 0.2) is 5.78 Å². The second kappa shape index (κ2) is 8.14. The number of aryl methyl sites for hydroxylation is 1. The summed E-state index contributed by atoms with van der Waals surface area (Å²) in [5.41, 5.74) is 2.26. The molecule has 7 nitrogen and oxygen atoms in total. The first-order valence-electron chi connectivity index (χ1n) is 8.82. The molecule has 3 rings (SSSR count). The molecule has 0 fully saturated rings. The maximum Gasteiger partial charge on any atom is 0.258 e. The summed E-state index contributed by atoms with van der Waals surface area (Å²) in [6.45, 7) is 1.26. The molecule has 1 aliphatic carbocycles. The van der Waals surface area contributed by atoms with Crippen LogP contribution in [0.2, 0.25) is 0 Å². The number of anilines is 1. The Morgan fingerprint density at radius 1 is 1.35 bits per heavy atom. The number of rotatable bonds is 6. The number of ketones is 1. The molecule has 0 bridgehead atoms. The molecule has 1 aliphatic rings. The van der Waals surface area contributed by atoms with Crippen molar-refractivity contribution in [3.63, 3.8) is 0 Å². The zero-order valence-electron chi connectivity index (χ0n) is 15.2. The summed E-state index contributed by atoms with van der Waals surface area (Å²) in [5.74, 6) is 0.254. The quantitative estimate of drug-likeness (QED) is 0.777. The standard InChI is InChI=1S/C19H24N4O3/c1-23(2)9-10-26-17-7-8-20-12-15(17)22-19(25)13-11-21-14-5-3-4-6-16(24)18(13)14/h7-8,11-12,21H,3-6,9-10H2,1-2H3,(H,22,25). The van der Waals surface area contributed by atoms with Crippen molar-refractivity contribution in [3.05, 3.63) is 41.5 Å². The first kappa shape index (κ1) is 18.1. The van der Waals surface area contributed by atoms with Gasteiger partial charge < -0.3 is 19.9 Å². The van der Waals surface area contributed by atoms with Gasteiger partial charge in [-0.25, -0.2) is 0 Å². The maximum absolute atomic E-state index is 12.8. The van der Waals surface area contributed by atoms with Crippen LogP contribution in [0, 0.1) is 0 Å². The number of nitrogens with zero attached hydrogens (tertiary/aromatic N) is 2. The molecule has 0 atom stereocenters. The average molecular weight is 356 g/mol. The highest BCUT2D eigenvalue weighted by molar-refractivity contribution is 6.13. The number of hydrogen-bond acceptors (Lipinski definition) is 5. The van der Waals surface area contributed by atoms with Gasteiger partial charge in [0.2, 0.25) is 0 Å². The summed E-state index contributed by atoms with van der Waals surface area (Å²) in [5, 5.41) is 2.83. The fraction of sp³-hybridized carbons (Fsp3) is 0.421. The monoisotopic (exact) mass is 356 g/mol. The Balaban J connectivity index is 1.77. The molecule has 7 heteroatoms. The van der Waals surface area contributed by atoms with Gasteiger partial charge in [-0.2, -0.15) is 0 Å². The van der Waals surface area contributed by atoms with E-state index < -0.39 is 0 Å². The number of ether oxygens (including phenoxy) is 1. The second-order valence-corrected chi connectivity index (χ2v) is 6.66. The molecule has 0 spiro atoms. The highest BCUT2D eigenvalue weighted by atomic mass is 16.5. The average Bonchev–Trinajstić information content (AvgIpc) is 2.95. The third-order valence-electron chi connectivity index (χ3n) is 4.39. The minimum absolute atomic E-state index is 0.0255. The lowest BCUT2D eigenvalue weighted by Gasteiger charge is -2.14. The maximum atomic E-state index is 12.8. The van der Waals surface area contributed by atoms with E-state index in [0.717, 1.165) is 31.5 Å². The second-order valence-electron chi connectivity index (χ2n) is 6.66. The van der Waals surface area contributed by atoms with Gasteiger partial charge in [-0.05, 0) is 33.4 Å². The van der Waals surface area contributed by atoms with Crippen LogP contribution in [0.3, 0.4) is 0 Å². The van der Waals surface area contributed by atoms with Crippen LogP contribution in [-0.2, 0) is 6.42 Å². The summed E-state index contributed by atoms with van der Waals surface area (Å²) < 4.78 is 5.75. The van der Waals surface area contributed by atoms with Gasteiger partial charge in [-0.15, -0.1) is 0 Å². The molecule has 0 saturated carbocycles. The number of likely N-dealkylation sites (N-methyl/N-ethyl adjacent to an activating group) is 1. The first-order valence-corrected chi connectivity index (χ1v) is 8.82. The predicted molar refractivity (Wildman–Crippen MR) is 98.9 cm³/mol. The van der Waals surface area contributed by atoms with Crippen molar-refractivity contribution in [3.8, 4) is 5.75 Å². The number of carbonyl (C=O) groups excluding carboxylic acids is 2. The number of carbonyl (C=O) groups is 2. The molecular weight excluding hydrogens is 332 g/mol. The van der Waals surface area contributed by atoms with E-state index in [1.165, 1.54) is 0 Å². The van der Waals surface area contributed by atoms with Crippen LogP contribution < -0.4 is 10.1 Å². The number of aromatic amines is 1. The molecule has 0 saturated heterocycles. The molecule has 2 heterocycles. The van der Waals surface area contributed by atoms with Gasteiger partial charge in [0.05, 0.1) is 17.3 Å². The lowest BCUT2D eigenvalue weighted by atomic mass is 10.0. The van der Waals surface area contributed by atoms with Crippen LogP contribution in [-0.4, -0.2) is 53.8 Å². The third kappa shape index (κ3) is 4.11. The number of H-pyrrole nitrogens is 1. The molecule has 2 aromatic rings. The molecule has 0 aliphatic heterocycles. The zero-order chi connectivity index (χ0) is 18.5. The van der Waals surface area contributed by atoms with Crippen molar-refractivity contribution in [2.75, 3.05) is 32.6 Å². The van der Waals surface area contributed by atoms with Crippen molar-refractivity contribution in [2.24, 2.45) is 0 Å². The minimum atomic E-state index is -0.330. The van der Waals surface area contributed by atoms with Gasteiger partial charge in [0.25, 0.3) is 5.91 Å². The Morgan fingerprint density at radius 3 is 2.96 bits per heavy atom. The van der Waals surface area contributed by atoms with Gasteiger partial charge >= 0.3 is 0 Å². The van der Waals surface area contributed by atoms with Crippen LogP contribution in [0.5, 0.6) is 5.75 Å². The van der Waals surface area contributed by atoms with E-state index in [9.17, 15) is 9.59 Å². The van der Waals surface area contributed by atoms with Crippen molar-refractivity contribution in [1.82, 2.24) is 14.9 Å². The van der Waals surface area contributed by atoms with Crippen LogP contribution in [0.15, 0.2) is 24.7 Å². The fourth-order valence-electron chi connectivity index (χ4n) is 3.00. The molecule has 0 unspecified atom stereocenters. The molecule has 2 aromatic heterocycles. The minimum Gasteiger partial charge on any atom is -0.490 e. The Kier molecular flexibility index (Phi) is 5.68. The summed E-state index contributed by atoms with van der Waals surface area (Å²) in [4.78, 5) is 34.3. The topological polar surface area (TPSA) is 87.3 Å². The fourth-order valence-corrected chi connectivity index (χ4v) is 3.00. The van der Waals surface area contributed by atoms with Crippen molar-refractivity contribution in [2.45, 2.75) is 25.7 Å². The first-order chi connectivity index (χ1) is 12.6. The molecule has 26 heavy (non-hydrogen) atoms. The predicted octanol–water partition coefficient (Wildman–Crippen LogP) is 2.51. The molecular formula is C19H24N4O3. The largest absolute Gasteiger partial charge is 0.490 e. The van der Waals surface area contributed by atoms with E-state index in [2.05, 4.69) is 15.3 Å². The SMILES string of the molecule is CN(C)CCOc1ccncc1NC(=O)c1c[nH]c2c1C(=O)CCCC2. The number of fused-ring (bicyclic) bond motifs is 1. The van der Waals surface area contributed by atoms with Crippen molar-refractivity contribution < 1.29 is 14.3 Å². The van der Waals surface area contributed by atoms with E-state index in [4.69, 9.17) is 4.74 Å². The zero-order valence-corrected chi connectivity index (χ0v) is 15.2. The van der Waals surface area contributed by atoms with Crippen LogP contribution in [0.1, 0.15) is 45.7 Å². The van der Waals surface area contributed by atoms with E-state index in [1.807, 2.05) is 19.0 Å². The summed E-state index contributed by atoms with van der Waals surface area (Å²) in [7, 11) is 3.93. The van der Waals surface area contributed by atoms with Gasteiger partial charge in [0.1, 0.15) is 18.0 Å². The van der Waals surface area contributed by atoms with Gasteiger partial charge in [-0.3, -0.25) is 14.6 Å². The lowest BCUT2D eigenvalue weighted by molar-refractivity contribution is 0.0965. The number of aromatic nitrogens is 2. The number of pyridine rings is 1. The Morgan fingerprint density at radius 2 is 2.15 bits per heavy atom. The highest BCUT2D eigenvalue weighted by Crippen LogP contribution is 2.26. The smallest absolute Gasteiger partial charge is 0.258 e. The van der Waals surface area contributed by atoms with Crippen LogP contribution in [0.25, 0.3) is 0 Å². The Labute approximate surface area is 152 Å². The Hall–Kier alpha value is -2.67. The van der Waals surface area contributed by atoms with E-state index in [1.54, 1.807) is 24.7 Å². The number of hydrogen-bond donors (Lipinski definition) is 2. The van der Waals surface area contributed by atoms with E-state index in [-0.39, 0.29) is 11.7 Å². The van der Waals surface area contributed by atoms with Crippen LogP contribution in [0.4, 0.5) is 5.69 Å². The molecule has 0 aromatic carbocycles. The van der Waals surface area contributed by atoms with E-state index >= 15 is 0 Å². The lowest BCUT2D eigenvalue weighted by Crippen LogP contribution is -2.20. The molecule has 1 amide bonds. The summed E-state index contributed by atoms with van der Waals surface area (Å²) in [6, 6.07) is 1.72. The Bertz CT molecular complexity index is 798. The van der Waals surface area contributed by atoms with Crippen LogP contribution >= 0.6 is 0 Å². The molecule has 0 radical (unpaired) electrons. The number of nitrogens with one attached hydrogen (secondary N) is 2. The van der Waals surface area contributed by atoms with Gasteiger partial charge in [0, 0.05) is 37.1 Å². The summed E-state index contributed by atoms with van der Waals surface area (Å²) in [6.07, 6.45) is 7.87. The number of Topliss-reactive ketones (excluding diaryl/α,β-unsaturated/α-hetero) is 1. The normalized spacial score (nSPS) is 14.0. The summed E-state index contributed by atoms with van der Waals surface area (Å²) >= 11 is 0. The van der Waals surface area contributed by atoms with E-state index in [0.29, 0.717) is 35.6 Å². The van der Waals surface area contributed by atoms with Gasteiger partial charge in [-0.1, -0.05) is 0 Å². The third-order valence-corrected chi connectivity index (χ3v) is 4.39. The van der Waals surface area contributed by atoms with Crippen molar-refractivity contribution in [1.29, 1.82) is 0 Å². The highest BCUT2D eigenvalue weighted by Gasteiger charge is 2.25. The molecule has 138 valence electrons.